The van der Waals surface area contributed by atoms with Gasteiger partial charge in [0.2, 0.25) is 5.91 Å². The van der Waals surface area contributed by atoms with Gasteiger partial charge in [-0.15, -0.1) is 11.3 Å². The van der Waals surface area contributed by atoms with Gasteiger partial charge < -0.3 is 15.3 Å². The van der Waals surface area contributed by atoms with Gasteiger partial charge in [-0.2, -0.15) is 0 Å². The van der Waals surface area contributed by atoms with E-state index in [2.05, 4.69) is 42.2 Å². The minimum Gasteiger partial charge on any atom is -0.324 e. The van der Waals surface area contributed by atoms with Gasteiger partial charge in [0.15, 0.2) is 0 Å². The lowest BCUT2D eigenvalue weighted by atomic mass is 10.2. The number of carbonyl (C=O) groups excluding carboxylic acids is 1. The number of aromatic amines is 2. The highest BCUT2D eigenvalue weighted by atomic mass is 79.9. The van der Waals surface area contributed by atoms with Crippen LogP contribution in [-0.4, -0.2) is 38.8 Å². The summed E-state index contributed by atoms with van der Waals surface area (Å²) < 4.78 is 1.90. The molecule has 29 heavy (non-hydrogen) atoms. The van der Waals surface area contributed by atoms with Crippen LogP contribution in [0.25, 0.3) is 21.3 Å². The number of imidazole rings is 1. The lowest BCUT2D eigenvalue weighted by Gasteiger charge is -2.22. The van der Waals surface area contributed by atoms with Crippen molar-refractivity contribution in [3.05, 3.63) is 56.4 Å². The van der Waals surface area contributed by atoms with Crippen LogP contribution in [0.3, 0.4) is 0 Å². The molecule has 9 heteroatoms. The van der Waals surface area contributed by atoms with E-state index < -0.39 is 0 Å². The van der Waals surface area contributed by atoms with E-state index in [-0.39, 0.29) is 17.6 Å². The average molecular weight is 472 g/mol. The molecule has 1 aliphatic heterocycles. The van der Waals surface area contributed by atoms with E-state index in [0.29, 0.717) is 23.3 Å². The normalized spacial score (nSPS) is 17.3. The SMILES string of the molecule is O=C(CN1CCC[C@@H]1c1nc2ccccc2s1)Nc1cc2[nH]c(=O)[nH]c2cc1Br. The fourth-order valence-electron chi connectivity index (χ4n) is 3.85. The van der Waals surface area contributed by atoms with Gasteiger partial charge in [-0.05, 0) is 59.6 Å². The summed E-state index contributed by atoms with van der Waals surface area (Å²) in [7, 11) is 0. The number of hydrogen-bond acceptors (Lipinski definition) is 5. The molecule has 0 radical (unpaired) electrons. The molecular formula is C20H18BrN5O2S. The number of amides is 1. The van der Waals surface area contributed by atoms with Gasteiger partial charge in [0, 0.05) is 4.47 Å². The predicted molar refractivity (Wildman–Crippen MR) is 118 cm³/mol. The van der Waals surface area contributed by atoms with Crippen molar-refractivity contribution in [2.45, 2.75) is 18.9 Å². The highest BCUT2D eigenvalue weighted by molar-refractivity contribution is 9.10. The molecule has 0 saturated carbocycles. The predicted octanol–water partition coefficient (Wildman–Crippen LogP) is 4.00. The Kier molecular flexibility index (Phi) is 4.73. The first-order chi connectivity index (χ1) is 14.1. The Labute approximate surface area is 178 Å². The number of benzene rings is 2. The molecule has 0 aliphatic carbocycles. The number of H-pyrrole nitrogens is 2. The van der Waals surface area contributed by atoms with E-state index in [4.69, 9.17) is 4.98 Å². The zero-order valence-electron chi connectivity index (χ0n) is 15.4. The fraction of sp³-hybridized carbons (Fsp3) is 0.250. The molecule has 2 aromatic heterocycles. The van der Waals surface area contributed by atoms with E-state index in [1.165, 1.54) is 4.70 Å². The Hall–Kier alpha value is -2.49. The molecular weight excluding hydrogens is 454 g/mol. The molecule has 7 nitrogen and oxygen atoms in total. The Morgan fingerprint density at radius 3 is 2.90 bits per heavy atom. The maximum Gasteiger partial charge on any atom is 0.323 e. The molecule has 2 aromatic carbocycles. The monoisotopic (exact) mass is 471 g/mol. The van der Waals surface area contributed by atoms with Crippen LogP contribution < -0.4 is 11.0 Å². The van der Waals surface area contributed by atoms with Gasteiger partial charge in [-0.3, -0.25) is 9.69 Å². The standard InChI is InChI=1S/C20H18BrN5O2S/c21-11-8-14-15(25-20(28)24-14)9-13(11)22-18(27)10-26-7-3-5-16(26)19-23-12-4-1-2-6-17(12)29-19/h1-2,4,6,8-9,16H,3,5,7,10H2,(H,22,27)(H2,24,25,28)/t16-/m1/s1. The summed E-state index contributed by atoms with van der Waals surface area (Å²) in [4.78, 5) is 36.6. The summed E-state index contributed by atoms with van der Waals surface area (Å²) in [5, 5.41) is 4.03. The number of rotatable bonds is 4. The smallest absolute Gasteiger partial charge is 0.323 e. The lowest BCUT2D eigenvalue weighted by molar-refractivity contribution is -0.117. The first-order valence-electron chi connectivity index (χ1n) is 9.38. The zero-order valence-corrected chi connectivity index (χ0v) is 17.8. The van der Waals surface area contributed by atoms with Crippen LogP contribution >= 0.6 is 27.3 Å². The fourth-order valence-corrected chi connectivity index (χ4v) is 5.43. The third kappa shape index (κ3) is 3.61. The molecule has 0 unspecified atom stereocenters. The van der Waals surface area contributed by atoms with Gasteiger partial charge in [0.05, 0.1) is 39.5 Å². The van der Waals surface area contributed by atoms with Crippen LogP contribution in [0, 0.1) is 0 Å². The number of halogens is 1. The third-order valence-electron chi connectivity index (χ3n) is 5.18. The largest absolute Gasteiger partial charge is 0.324 e. The number of para-hydroxylation sites is 1. The van der Waals surface area contributed by atoms with Gasteiger partial charge in [0.25, 0.3) is 0 Å². The molecule has 148 valence electrons. The van der Waals surface area contributed by atoms with E-state index in [9.17, 15) is 9.59 Å². The van der Waals surface area contributed by atoms with Gasteiger partial charge >= 0.3 is 5.69 Å². The van der Waals surface area contributed by atoms with Crippen LogP contribution in [0.5, 0.6) is 0 Å². The first-order valence-corrected chi connectivity index (χ1v) is 11.0. The van der Waals surface area contributed by atoms with Crippen LogP contribution in [0.15, 0.2) is 45.7 Å². The minimum atomic E-state index is -0.272. The number of likely N-dealkylation sites (tertiary alicyclic amines) is 1. The second-order valence-electron chi connectivity index (χ2n) is 7.15. The molecule has 1 atom stereocenters. The topological polar surface area (TPSA) is 93.9 Å². The Morgan fingerprint density at radius 1 is 1.28 bits per heavy atom. The zero-order chi connectivity index (χ0) is 20.0. The van der Waals surface area contributed by atoms with Crippen molar-refractivity contribution >= 4 is 60.1 Å². The highest BCUT2D eigenvalue weighted by Gasteiger charge is 2.30. The number of anilines is 1. The molecule has 3 heterocycles. The van der Waals surface area contributed by atoms with E-state index >= 15 is 0 Å². The maximum absolute atomic E-state index is 12.7. The molecule has 5 rings (SSSR count). The van der Waals surface area contributed by atoms with Gasteiger partial charge in [0.1, 0.15) is 5.01 Å². The summed E-state index contributed by atoms with van der Waals surface area (Å²) in [6, 6.07) is 11.8. The molecule has 1 aliphatic rings. The number of nitrogens with one attached hydrogen (secondary N) is 3. The van der Waals surface area contributed by atoms with Crippen LogP contribution in [-0.2, 0) is 4.79 Å². The Balaban J connectivity index is 1.33. The molecule has 1 amide bonds. The summed E-state index contributed by atoms with van der Waals surface area (Å²) in [6.45, 7) is 1.17. The van der Waals surface area contributed by atoms with Crippen molar-refractivity contribution in [3.8, 4) is 0 Å². The van der Waals surface area contributed by atoms with Crippen LogP contribution in [0.2, 0.25) is 0 Å². The van der Waals surface area contributed by atoms with Crippen LogP contribution in [0.1, 0.15) is 23.9 Å². The van der Waals surface area contributed by atoms with Gasteiger partial charge in [-0.1, -0.05) is 12.1 Å². The first kappa shape index (κ1) is 18.5. The molecule has 1 saturated heterocycles. The number of thiazole rings is 1. The number of fused-ring (bicyclic) bond motifs is 2. The number of aromatic nitrogens is 3. The van der Waals surface area contributed by atoms with Crippen LogP contribution in [0.4, 0.5) is 5.69 Å². The summed E-state index contributed by atoms with van der Waals surface area (Å²) in [6.07, 6.45) is 2.06. The molecule has 1 fully saturated rings. The van der Waals surface area contributed by atoms with E-state index in [0.717, 1.165) is 34.4 Å². The maximum atomic E-state index is 12.7. The van der Waals surface area contributed by atoms with Gasteiger partial charge in [-0.25, -0.2) is 9.78 Å². The van der Waals surface area contributed by atoms with Crippen molar-refractivity contribution in [3.63, 3.8) is 0 Å². The summed E-state index contributed by atoms with van der Waals surface area (Å²) >= 11 is 5.17. The van der Waals surface area contributed by atoms with Crippen molar-refractivity contribution in [1.82, 2.24) is 19.9 Å². The number of hydrogen-bond donors (Lipinski definition) is 3. The molecule has 0 spiro atoms. The second kappa shape index (κ2) is 7.40. The summed E-state index contributed by atoms with van der Waals surface area (Å²) in [5.41, 5.74) is 2.72. The van der Waals surface area contributed by atoms with Crippen molar-refractivity contribution in [1.29, 1.82) is 0 Å². The number of carbonyl (C=O) groups is 1. The average Bonchev–Trinajstić information content (AvgIpc) is 3.38. The number of nitrogens with zero attached hydrogens (tertiary/aromatic N) is 2. The van der Waals surface area contributed by atoms with Crippen molar-refractivity contribution < 1.29 is 4.79 Å². The second-order valence-corrected chi connectivity index (χ2v) is 9.07. The molecule has 3 N–H and O–H groups in total. The quantitative estimate of drug-likeness (QED) is 0.419. The Morgan fingerprint density at radius 2 is 2.07 bits per heavy atom. The third-order valence-corrected chi connectivity index (χ3v) is 6.98. The van der Waals surface area contributed by atoms with Crippen molar-refractivity contribution in [2.75, 3.05) is 18.4 Å². The highest BCUT2D eigenvalue weighted by Crippen LogP contribution is 2.36. The molecule has 0 bridgehead atoms. The Bertz CT molecular complexity index is 1240. The molecule has 4 aromatic rings. The minimum absolute atomic E-state index is 0.0871. The van der Waals surface area contributed by atoms with E-state index in [1.54, 1.807) is 23.5 Å². The summed E-state index contributed by atoms with van der Waals surface area (Å²) in [5.74, 6) is -0.0871. The van der Waals surface area contributed by atoms with Crippen molar-refractivity contribution in [2.24, 2.45) is 0 Å². The van der Waals surface area contributed by atoms with E-state index in [1.807, 2.05) is 18.2 Å². The lowest BCUT2D eigenvalue weighted by Crippen LogP contribution is -2.33.